The highest BCUT2D eigenvalue weighted by Crippen LogP contribution is 2.25. The minimum absolute atomic E-state index is 0.0375. The molecule has 4 nitrogen and oxygen atoms in total. The highest BCUT2D eigenvalue weighted by atomic mass is 16.1. The summed E-state index contributed by atoms with van der Waals surface area (Å²) in [5.74, 6) is 1.49. The van der Waals surface area contributed by atoms with Crippen molar-refractivity contribution in [2.24, 2.45) is 11.3 Å². The Hall–Kier alpha value is -1.58. The van der Waals surface area contributed by atoms with Gasteiger partial charge in [0.25, 0.3) is 5.91 Å². The van der Waals surface area contributed by atoms with E-state index in [2.05, 4.69) is 57.2 Å². The minimum atomic E-state index is -0.0375. The Labute approximate surface area is 128 Å². The summed E-state index contributed by atoms with van der Waals surface area (Å²) in [7, 11) is 1.82. The molecular formula is C17H29N3O. The molecule has 1 aromatic rings. The van der Waals surface area contributed by atoms with Crippen LogP contribution in [0, 0.1) is 11.3 Å². The molecule has 0 aliphatic heterocycles. The van der Waals surface area contributed by atoms with Crippen LogP contribution in [0.25, 0.3) is 0 Å². The zero-order valence-electron chi connectivity index (χ0n) is 14.4. The first-order chi connectivity index (χ1) is 9.67. The van der Waals surface area contributed by atoms with E-state index in [0.29, 0.717) is 18.0 Å². The zero-order valence-corrected chi connectivity index (χ0v) is 14.4. The fraction of sp³-hybridized carbons (Fsp3) is 0.647. The van der Waals surface area contributed by atoms with Crippen LogP contribution in [0.5, 0.6) is 0 Å². The zero-order chi connectivity index (χ0) is 16.2. The molecule has 0 saturated heterocycles. The van der Waals surface area contributed by atoms with Crippen LogP contribution in [0.1, 0.15) is 63.5 Å². The van der Waals surface area contributed by atoms with Crippen LogP contribution >= 0.6 is 0 Å². The summed E-state index contributed by atoms with van der Waals surface area (Å²) in [5.41, 5.74) is 1.67. The van der Waals surface area contributed by atoms with Gasteiger partial charge in [-0.25, -0.2) is 4.98 Å². The van der Waals surface area contributed by atoms with Gasteiger partial charge in [0.15, 0.2) is 0 Å². The van der Waals surface area contributed by atoms with Crippen molar-refractivity contribution in [2.45, 2.75) is 47.5 Å². The summed E-state index contributed by atoms with van der Waals surface area (Å²) in [6, 6.07) is 3.67. The highest BCUT2D eigenvalue weighted by Gasteiger charge is 2.23. The van der Waals surface area contributed by atoms with Gasteiger partial charge in [0.1, 0.15) is 5.82 Å². The number of aromatic nitrogens is 1. The molecule has 1 heterocycles. The predicted molar refractivity (Wildman–Crippen MR) is 88.8 cm³/mol. The van der Waals surface area contributed by atoms with Crippen LogP contribution in [-0.2, 0) is 0 Å². The van der Waals surface area contributed by atoms with E-state index in [9.17, 15) is 4.79 Å². The largest absolute Gasteiger partial charge is 0.373 e. The lowest BCUT2D eigenvalue weighted by atomic mass is 9.81. The topological polar surface area (TPSA) is 54.0 Å². The van der Waals surface area contributed by atoms with E-state index in [1.807, 2.05) is 13.1 Å². The van der Waals surface area contributed by atoms with Gasteiger partial charge >= 0.3 is 0 Å². The first-order valence-electron chi connectivity index (χ1n) is 7.65. The van der Waals surface area contributed by atoms with Gasteiger partial charge in [0.05, 0.1) is 0 Å². The van der Waals surface area contributed by atoms with E-state index in [0.717, 1.165) is 11.5 Å². The number of anilines is 1. The van der Waals surface area contributed by atoms with Gasteiger partial charge in [-0.05, 0) is 29.4 Å². The standard InChI is InChI=1S/C17H29N3O/c1-11(2)14-8-13(9-15(18-7)20-14)16(21)19-10-17(5,6)12(3)4/h8-9,11-12H,10H2,1-7H3,(H,18,20)(H,19,21). The second-order valence-corrected chi connectivity index (χ2v) is 6.90. The number of nitrogens with one attached hydrogen (secondary N) is 2. The molecule has 0 spiro atoms. The van der Waals surface area contributed by atoms with Crippen LogP contribution in [-0.4, -0.2) is 24.5 Å². The summed E-state index contributed by atoms with van der Waals surface area (Å²) in [6.45, 7) is 13.5. The summed E-state index contributed by atoms with van der Waals surface area (Å²) in [4.78, 5) is 16.9. The lowest BCUT2D eigenvalue weighted by Crippen LogP contribution is -2.37. The fourth-order valence-electron chi connectivity index (χ4n) is 1.72. The fourth-order valence-corrected chi connectivity index (χ4v) is 1.72. The molecular weight excluding hydrogens is 262 g/mol. The molecule has 21 heavy (non-hydrogen) atoms. The third kappa shape index (κ3) is 4.73. The molecule has 1 rings (SSSR count). The molecule has 0 unspecified atom stereocenters. The van der Waals surface area contributed by atoms with E-state index in [4.69, 9.17) is 0 Å². The summed E-state index contributed by atoms with van der Waals surface area (Å²) in [6.07, 6.45) is 0. The van der Waals surface area contributed by atoms with Crippen LogP contribution in [0.15, 0.2) is 12.1 Å². The Morgan fingerprint density at radius 2 is 1.86 bits per heavy atom. The van der Waals surface area contributed by atoms with Crippen molar-refractivity contribution in [3.63, 3.8) is 0 Å². The SMILES string of the molecule is CNc1cc(C(=O)NCC(C)(C)C(C)C)cc(C(C)C)n1. The summed E-state index contributed by atoms with van der Waals surface area (Å²) in [5, 5.41) is 6.06. The Balaban J connectivity index is 2.90. The van der Waals surface area contributed by atoms with Gasteiger partial charge in [0, 0.05) is 24.8 Å². The number of amides is 1. The van der Waals surface area contributed by atoms with Crippen molar-refractivity contribution < 1.29 is 4.79 Å². The number of hydrogen-bond acceptors (Lipinski definition) is 3. The van der Waals surface area contributed by atoms with Crippen molar-refractivity contribution in [1.82, 2.24) is 10.3 Å². The molecule has 0 atom stereocenters. The van der Waals surface area contributed by atoms with Gasteiger partial charge in [0.2, 0.25) is 0 Å². The maximum absolute atomic E-state index is 12.4. The lowest BCUT2D eigenvalue weighted by molar-refractivity contribution is 0.0924. The number of carbonyl (C=O) groups excluding carboxylic acids is 1. The van der Waals surface area contributed by atoms with E-state index in [-0.39, 0.29) is 17.2 Å². The van der Waals surface area contributed by atoms with E-state index < -0.39 is 0 Å². The van der Waals surface area contributed by atoms with Gasteiger partial charge in [-0.2, -0.15) is 0 Å². The third-order valence-corrected chi connectivity index (χ3v) is 4.22. The van der Waals surface area contributed by atoms with Crippen molar-refractivity contribution in [2.75, 3.05) is 18.9 Å². The molecule has 0 aliphatic rings. The van der Waals surface area contributed by atoms with Crippen LogP contribution in [0.2, 0.25) is 0 Å². The number of hydrogen-bond donors (Lipinski definition) is 2. The van der Waals surface area contributed by atoms with Gasteiger partial charge in [-0.15, -0.1) is 0 Å². The molecule has 118 valence electrons. The van der Waals surface area contributed by atoms with Crippen LogP contribution in [0.3, 0.4) is 0 Å². The molecule has 1 aromatic heterocycles. The summed E-state index contributed by atoms with van der Waals surface area (Å²) >= 11 is 0. The second kappa shape index (κ2) is 6.92. The van der Waals surface area contributed by atoms with E-state index >= 15 is 0 Å². The molecule has 0 fully saturated rings. The number of nitrogens with zero attached hydrogens (tertiary/aromatic N) is 1. The second-order valence-electron chi connectivity index (χ2n) is 6.90. The van der Waals surface area contributed by atoms with Crippen molar-refractivity contribution in [3.05, 3.63) is 23.4 Å². The van der Waals surface area contributed by atoms with Crippen molar-refractivity contribution >= 4 is 11.7 Å². The Morgan fingerprint density at radius 3 is 2.33 bits per heavy atom. The van der Waals surface area contributed by atoms with Crippen molar-refractivity contribution in [1.29, 1.82) is 0 Å². The average molecular weight is 291 g/mol. The average Bonchev–Trinajstić information content (AvgIpc) is 2.43. The molecule has 1 amide bonds. The first-order valence-corrected chi connectivity index (χ1v) is 7.65. The summed E-state index contributed by atoms with van der Waals surface area (Å²) < 4.78 is 0. The van der Waals surface area contributed by atoms with Gasteiger partial charge in [-0.1, -0.05) is 41.5 Å². The number of pyridine rings is 1. The maximum Gasteiger partial charge on any atom is 0.251 e. The molecule has 0 bridgehead atoms. The molecule has 4 heteroatoms. The molecule has 2 N–H and O–H groups in total. The van der Waals surface area contributed by atoms with E-state index in [1.165, 1.54) is 0 Å². The molecule has 0 aromatic carbocycles. The van der Waals surface area contributed by atoms with Crippen molar-refractivity contribution in [3.8, 4) is 0 Å². The van der Waals surface area contributed by atoms with Crippen LogP contribution < -0.4 is 10.6 Å². The third-order valence-electron chi connectivity index (χ3n) is 4.22. The smallest absolute Gasteiger partial charge is 0.251 e. The Morgan fingerprint density at radius 1 is 1.24 bits per heavy atom. The highest BCUT2D eigenvalue weighted by molar-refractivity contribution is 5.95. The van der Waals surface area contributed by atoms with Gasteiger partial charge in [-0.3, -0.25) is 4.79 Å². The molecule has 0 radical (unpaired) electrons. The quantitative estimate of drug-likeness (QED) is 0.841. The normalized spacial score (nSPS) is 11.9. The molecule has 0 aliphatic carbocycles. The Bertz CT molecular complexity index is 493. The first kappa shape index (κ1) is 17.5. The number of rotatable bonds is 6. The Kier molecular flexibility index (Phi) is 5.76. The van der Waals surface area contributed by atoms with E-state index in [1.54, 1.807) is 6.07 Å². The monoisotopic (exact) mass is 291 g/mol. The minimum Gasteiger partial charge on any atom is -0.373 e. The number of carbonyl (C=O) groups is 1. The maximum atomic E-state index is 12.4. The van der Waals surface area contributed by atoms with Crippen LogP contribution in [0.4, 0.5) is 5.82 Å². The predicted octanol–water partition coefficient (Wildman–Crippen LogP) is 3.66. The lowest BCUT2D eigenvalue weighted by Gasteiger charge is -2.29. The van der Waals surface area contributed by atoms with Gasteiger partial charge < -0.3 is 10.6 Å². The molecule has 0 saturated carbocycles.